The van der Waals surface area contributed by atoms with Crippen molar-refractivity contribution in [1.29, 1.82) is 0 Å². The second-order valence-electron chi connectivity index (χ2n) is 2.99. The molecule has 0 saturated carbocycles. The number of phenols is 1. The van der Waals surface area contributed by atoms with Gasteiger partial charge in [-0.25, -0.2) is 0 Å². The lowest BCUT2D eigenvalue weighted by Gasteiger charge is -2.08. The van der Waals surface area contributed by atoms with Gasteiger partial charge < -0.3 is 15.6 Å². The molecule has 76 valence electrons. The summed E-state index contributed by atoms with van der Waals surface area (Å²) in [7, 11) is 1.44. The van der Waals surface area contributed by atoms with Crippen LogP contribution < -0.4 is 10.5 Å². The van der Waals surface area contributed by atoms with Gasteiger partial charge in [-0.2, -0.15) is 0 Å². The van der Waals surface area contributed by atoms with Crippen LogP contribution in [-0.4, -0.2) is 24.5 Å². The van der Waals surface area contributed by atoms with Crippen LogP contribution in [0.5, 0.6) is 11.5 Å². The number of Topliss-reactive ketones (excluding diaryl/α,β-unsaturated/α-hetero) is 1. The van der Waals surface area contributed by atoms with Crippen LogP contribution in [0.2, 0.25) is 0 Å². The summed E-state index contributed by atoms with van der Waals surface area (Å²) in [6.45, 7) is 1.69. The number of aryl methyl sites for hydroxylation is 1. The maximum absolute atomic E-state index is 11.3. The number of benzene rings is 1. The summed E-state index contributed by atoms with van der Waals surface area (Å²) in [6, 6.07) is 3.25. The highest BCUT2D eigenvalue weighted by atomic mass is 16.5. The van der Waals surface area contributed by atoms with Crippen molar-refractivity contribution in [2.24, 2.45) is 5.73 Å². The third-order valence-corrected chi connectivity index (χ3v) is 1.93. The predicted molar refractivity (Wildman–Crippen MR) is 52.8 cm³/mol. The molecule has 0 spiro atoms. The Hall–Kier alpha value is -1.55. The second-order valence-corrected chi connectivity index (χ2v) is 2.99. The Bertz CT molecular complexity index is 361. The molecule has 0 aromatic heterocycles. The highest BCUT2D eigenvalue weighted by Gasteiger charge is 2.14. The highest BCUT2D eigenvalue weighted by molar-refractivity contribution is 6.00. The Balaban J connectivity index is 3.29. The Morgan fingerprint density at radius 3 is 2.71 bits per heavy atom. The largest absolute Gasteiger partial charge is 0.504 e. The van der Waals surface area contributed by atoms with Gasteiger partial charge in [0, 0.05) is 0 Å². The van der Waals surface area contributed by atoms with E-state index < -0.39 is 0 Å². The van der Waals surface area contributed by atoms with Gasteiger partial charge >= 0.3 is 0 Å². The van der Waals surface area contributed by atoms with Gasteiger partial charge in [-0.1, -0.05) is 0 Å². The van der Waals surface area contributed by atoms with Crippen LogP contribution in [0.15, 0.2) is 12.1 Å². The molecule has 0 bridgehead atoms. The Kier molecular flexibility index (Phi) is 3.09. The van der Waals surface area contributed by atoms with Crippen LogP contribution in [0.3, 0.4) is 0 Å². The first-order valence-corrected chi connectivity index (χ1v) is 4.21. The first-order chi connectivity index (χ1) is 6.60. The van der Waals surface area contributed by atoms with Gasteiger partial charge in [-0.15, -0.1) is 0 Å². The molecule has 1 rings (SSSR count). The van der Waals surface area contributed by atoms with Gasteiger partial charge in [0.2, 0.25) is 0 Å². The maximum atomic E-state index is 11.3. The molecule has 3 N–H and O–H groups in total. The van der Waals surface area contributed by atoms with E-state index in [2.05, 4.69) is 0 Å². The van der Waals surface area contributed by atoms with Gasteiger partial charge in [0.25, 0.3) is 0 Å². The lowest BCUT2D eigenvalue weighted by Crippen LogP contribution is -2.14. The number of carbonyl (C=O) groups is 1. The summed E-state index contributed by atoms with van der Waals surface area (Å²) >= 11 is 0. The fourth-order valence-corrected chi connectivity index (χ4v) is 1.22. The molecule has 0 fully saturated rings. The van der Waals surface area contributed by atoms with E-state index in [9.17, 15) is 9.90 Å². The van der Waals surface area contributed by atoms with Crippen molar-refractivity contribution in [3.05, 3.63) is 23.3 Å². The SMILES string of the molecule is COc1cc(C)cc(C(=O)CN)c1O. The van der Waals surface area contributed by atoms with Crippen molar-refractivity contribution in [3.8, 4) is 11.5 Å². The first kappa shape index (κ1) is 10.5. The molecule has 1 aromatic rings. The minimum Gasteiger partial charge on any atom is -0.504 e. The molecule has 0 heterocycles. The molecule has 4 heteroatoms. The number of hydrogen-bond donors (Lipinski definition) is 2. The van der Waals surface area contributed by atoms with E-state index in [4.69, 9.17) is 10.5 Å². The van der Waals surface area contributed by atoms with Crippen LogP contribution in [0, 0.1) is 6.92 Å². The molecule has 0 aliphatic heterocycles. The lowest BCUT2D eigenvalue weighted by atomic mass is 10.1. The van der Waals surface area contributed by atoms with Crippen molar-refractivity contribution in [3.63, 3.8) is 0 Å². The average molecular weight is 195 g/mol. The Morgan fingerprint density at radius 1 is 1.57 bits per heavy atom. The topological polar surface area (TPSA) is 72.5 Å². The number of ether oxygens (including phenoxy) is 1. The zero-order chi connectivity index (χ0) is 10.7. The molecule has 0 unspecified atom stereocenters. The van der Waals surface area contributed by atoms with Crippen molar-refractivity contribution < 1.29 is 14.6 Å². The number of carbonyl (C=O) groups excluding carboxylic acids is 1. The molecule has 0 radical (unpaired) electrons. The molecule has 0 saturated heterocycles. The molecule has 0 aliphatic rings. The summed E-state index contributed by atoms with van der Waals surface area (Å²) in [4.78, 5) is 11.3. The van der Waals surface area contributed by atoms with E-state index in [1.54, 1.807) is 12.1 Å². The zero-order valence-electron chi connectivity index (χ0n) is 8.20. The van der Waals surface area contributed by atoms with Gasteiger partial charge in [-0.3, -0.25) is 4.79 Å². The molecule has 14 heavy (non-hydrogen) atoms. The predicted octanol–water partition coefficient (Wildman–Crippen LogP) is 0.851. The molecule has 1 aromatic carbocycles. The number of phenolic OH excluding ortho intramolecular Hbond substituents is 1. The van der Waals surface area contributed by atoms with Crippen LogP contribution in [0.4, 0.5) is 0 Å². The molecule has 0 atom stereocenters. The third-order valence-electron chi connectivity index (χ3n) is 1.93. The van der Waals surface area contributed by atoms with Gasteiger partial charge in [-0.05, 0) is 24.6 Å². The number of aromatic hydroxyl groups is 1. The standard InChI is InChI=1S/C10H13NO3/c1-6-3-7(8(12)5-11)10(13)9(4-6)14-2/h3-4,13H,5,11H2,1-2H3. The van der Waals surface area contributed by atoms with E-state index in [1.165, 1.54) is 7.11 Å². The fourth-order valence-electron chi connectivity index (χ4n) is 1.22. The van der Waals surface area contributed by atoms with Crippen molar-refractivity contribution in [2.75, 3.05) is 13.7 Å². The fraction of sp³-hybridized carbons (Fsp3) is 0.300. The summed E-state index contributed by atoms with van der Waals surface area (Å²) in [5.74, 6) is -0.153. The molecule has 0 aliphatic carbocycles. The molecule has 0 amide bonds. The van der Waals surface area contributed by atoms with Crippen LogP contribution in [0.1, 0.15) is 15.9 Å². The molecule has 4 nitrogen and oxygen atoms in total. The summed E-state index contributed by atoms with van der Waals surface area (Å²) in [5, 5.41) is 9.61. The summed E-state index contributed by atoms with van der Waals surface area (Å²) in [6.07, 6.45) is 0. The van der Waals surface area contributed by atoms with Gasteiger partial charge in [0.05, 0.1) is 19.2 Å². The summed E-state index contributed by atoms with van der Waals surface area (Å²) < 4.78 is 4.92. The number of methoxy groups -OCH3 is 1. The molecular weight excluding hydrogens is 182 g/mol. The smallest absolute Gasteiger partial charge is 0.180 e. The summed E-state index contributed by atoms with van der Waals surface area (Å²) in [5.41, 5.74) is 6.27. The lowest BCUT2D eigenvalue weighted by molar-refractivity contribution is 0.0998. The minimum absolute atomic E-state index is 0.125. The minimum atomic E-state index is -0.301. The number of rotatable bonds is 3. The van der Waals surface area contributed by atoms with Crippen LogP contribution in [-0.2, 0) is 0 Å². The Labute approximate surface area is 82.3 Å². The molecular formula is C10H13NO3. The number of ketones is 1. The van der Waals surface area contributed by atoms with E-state index >= 15 is 0 Å². The quantitative estimate of drug-likeness (QED) is 0.701. The number of nitrogens with two attached hydrogens (primary N) is 1. The first-order valence-electron chi connectivity index (χ1n) is 4.21. The van der Waals surface area contributed by atoms with Crippen molar-refractivity contribution in [2.45, 2.75) is 6.92 Å². The number of hydrogen-bond acceptors (Lipinski definition) is 4. The van der Waals surface area contributed by atoms with Gasteiger partial charge in [0.1, 0.15) is 0 Å². The van der Waals surface area contributed by atoms with E-state index in [0.29, 0.717) is 5.75 Å². The third kappa shape index (κ3) is 1.85. The van der Waals surface area contributed by atoms with E-state index in [1.807, 2.05) is 6.92 Å². The van der Waals surface area contributed by atoms with Gasteiger partial charge in [0.15, 0.2) is 17.3 Å². The van der Waals surface area contributed by atoms with E-state index in [-0.39, 0.29) is 23.6 Å². The van der Waals surface area contributed by atoms with Crippen LogP contribution in [0.25, 0.3) is 0 Å². The van der Waals surface area contributed by atoms with Crippen LogP contribution >= 0.6 is 0 Å². The zero-order valence-corrected chi connectivity index (χ0v) is 8.20. The second kappa shape index (κ2) is 4.11. The monoisotopic (exact) mass is 195 g/mol. The average Bonchev–Trinajstić information content (AvgIpc) is 2.19. The van der Waals surface area contributed by atoms with E-state index in [0.717, 1.165) is 5.56 Å². The Morgan fingerprint density at radius 2 is 2.21 bits per heavy atom. The van der Waals surface area contributed by atoms with Crippen molar-refractivity contribution in [1.82, 2.24) is 0 Å². The highest BCUT2D eigenvalue weighted by Crippen LogP contribution is 2.31. The normalized spacial score (nSPS) is 9.93. The maximum Gasteiger partial charge on any atom is 0.180 e. The van der Waals surface area contributed by atoms with Crippen molar-refractivity contribution >= 4 is 5.78 Å².